The normalized spacial score (nSPS) is 15.7. The molecule has 0 aliphatic carbocycles. The second-order valence-corrected chi connectivity index (χ2v) is 7.09. The number of carbonyl (C=O) groups excluding carboxylic acids is 2. The number of phenolic OH excluding ortho intramolecular Hbond substituents is 1. The molecule has 3 aromatic rings. The van der Waals surface area contributed by atoms with E-state index in [1.54, 1.807) is 24.3 Å². The number of halogens is 1. The molecule has 4 rings (SSSR count). The zero-order valence-electron chi connectivity index (χ0n) is 15.7. The highest BCUT2D eigenvalue weighted by Gasteiger charge is 2.35. The Balaban J connectivity index is 1.50. The quantitative estimate of drug-likeness (QED) is 0.620. The van der Waals surface area contributed by atoms with Crippen LogP contribution in [0, 0.1) is 0 Å². The van der Waals surface area contributed by atoms with E-state index >= 15 is 0 Å². The van der Waals surface area contributed by atoms with Crippen molar-refractivity contribution in [2.24, 2.45) is 5.10 Å². The maximum atomic E-state index is 12.8. The molecule has 2 aromatic carbocycles. The zero-order valence-corrected chi connectivity index (χ0v) is 16.5. The molecule has 0 spiro atoms. The Morgan fingerprint density at radius 2 is 1.87 bits per heavy atom. The number of benzene rings is 2. The standard InChI is InChI=1S/C22H17ClN2O5/c23-16-7-3-14(4-8-16)18-12-19(20-2-1-11-29-20)25(24-18)21(27)13-30-22(28)15-5-9-17(26)10-6-15/h1-11,19,26H,12-13H2. The highest BCUT2D eigenvalue weighted by molar-refractivity contribution is 6.30. The van der Waals surface area contributed by atoms with Crippen molar-refractivity contribution in [3.05, 3.63) is 88.8 Å². The number of hydrazone groups is 1. The van der Waals surface area contributed by atoms with Gasteiger partial charge in [0, 0.05) is 11.4 Å². The number of furan rings is 1. The summed E-state index contributed by atoms with van der Waals surface area (Å²) in [4.78, 5) is 25.0. The Kier molecular flexibility index (Phi) is 5.54. The summed E-state index contributed by atoms with van der Waals surface area (Å²) in [6.45, 7) is -0.478. The summed E-state index contributed by atoms with van der Waals surface area (Å²) < 4.78 is 10.6. The highest BCUT2D eigenvalue weighted by Crippen LogP contribution is 2.33. The molecule has 0 fully saturated rings. The number of hydrogen-bond donors (Lipinski definition) is 1. The fourth-order valence-electron chi connectivity index (χ4n) is 3.13. The van der Waals surface area contributed by atoms with Crippen LogP contribution in [0.4, 0.5) is 0 Å². The number of hydrogen-bond acceptors (Lipinski definition) is 6. The first-order valence-electron chi connectivity index (χ1n) is 9.16. The topological polar surface area (TPSA) is 92.3 Å². The van der Waals surface area contributed by atoms with E-state index in [1.807, 2.05) is 12.1 Å². The van der Waals surface area contributed by atoms with E-state index in [0.29, 0.717) is 22.9 Å². The number of rotatable bonds is 5. The Morgan fingerprint density at radius 1 is 1.13 bits per heavy atom. The summed E-state index contributed by atoms with van der Waals surface area (Å²) in [6.07, 6.45) is 1.98. The predicted octanol–water partition coefficient (Wildman–Crippen LogP) is 4.17. The lowest BCUT2D eigenvalue weighted by Gasteiger charge is -2.19. The molecule has 1 atom stereocenters. The third kappa shape index (κ3) is 4.21. The molecule has 0 radical (unpaired) electrons. The molecule has 1 aliphatic heterocycles. The Morgan fingerprint density at radius 3 is 2.53 bits per heavy atom. The van der Waals surface area contributed by atoms with Crippen LogP contribution in [0.2, 0.25) is 5.02 Å². The Labute approximate surface area is 177 Å². The van der Waals surface area contributed by atoms with Crippen molar-refractivity contribution in [3.63, 3.8) is 0 Å². The van der Waals surface area contributed by atoms with Gasteiger partial charge in [-0.05, 0) is 54.1 Å². The lowest BCUT2D eigenvalue weighted by atomic mass is 10.0. The van der Waals surface area contributed by atoms with Gasteiger partial charge in [-0.25, -0.2) is 9.80 Å². The molecule has 1 N–H and O–H groups in total. The van der Waals surface area contributed by atoms with Crippen molar-refractivity contribution >= 4 is 29.2 Å². The van der Waals surface area contributed by atoms with E-state index in [-0.39, 0.29) is 11.3 Å². The fourth-order valence-corrected chi connectivity index (χ4v) is 3.26. The number of phenols is 1. The van der Waals surface area contributed by atoms with Gasteiger partial charge in [0.15, 0.2) is 6.61 Å². The van der Waals surface area contributed by atoms with Crippen molar-refractivity contribution < 1.29 is 23.8 Å². The zero-order chi connectivity index (χ0) is 21.1. The van der Waals surface area contributed by atoms with Gasteiger partial charge in [0.1, 0.15) is 17.6 Å². The minimum Gasteiger partial charge on any atom is -0.508 e. The van der Waals surface area contributed by atoms with Crippen LogP contribution >= 0.6 is 11.6 Å². The average molecular weight is 425 g/mol. The lowest BCUT2D eigenvalue weighted by molar-refractivity contribution is -0.136. The summed E-state index contributed by atoms with van der Waals surface area (Å²) >= 11 is 5.96. The molecule has 0 saturated carbocycles. The lowest BCUT2D eigenvalue weighted by Crippen LogP contribution is -2.31. The first-order chi connectivity index (χ1) is 14.5. The molecule has 30 heavy (non-hydrogen) atoms. The van der Waals surface area contributed by atoms with Crippen LogP contribution in [-0.4, -0.2) is 34.3 Å². The van der Waals surface area contributed by atoms with E-state index in [1.165, 1.54) is 35.5 Å². The summed E-state index contributed by atoms with van der Waals surface area (Å²) in [7, 11) is 0. The molecule has 7 nitrogen and oxygen atoms in total. The number of ether oxygens (including phenoxy) is 1. The Bertz CT molecular complexity index is 1080. The third-order valence-electron chi connectivity index (χ3n) is 4.64. The van der Waals surface area contributed by atoms with Gasteiger partial charge in [-0.3, -0.25) is 4.79 Å². The first kappa shape index (κ1) is 19.7. The van der Waals surface area contributed by atoms with Crippen LogP contribution < -0.4 is 0 Å². The van der Waals surface area contributed by atoms with Crippen LogP contribution in [0.5, 0.6) is 5.75 Å². The van der Waals surface area contributed by atoms with Gasteiger partial charge in [0.25, 0.3) is 5.91 Å². The predicted molar refractivity (Wildman–Crippen MR) is 109 cm³/mol. The molecule has 1 unspecified atom stereocenters. The van der Waals surface area contributed by atoms with Gasteiger partial charge in [0.05, 0.1) is 17.5 Å². The summed E-state index contributed by atoms with van der Waals surface area (Å²) in [6, 6.07) is 15.8. The van der Waals surface area contributed by atoms with E-state index < -0.39 is 24.5 Å². The summed E-state index contributed by atoms with van der Waals surface area (Å²) in [5.74, 6) is -0.530. The van der Waals surface area contributed by atoms with Crippen molar-refractivity contribution in [3.8, 4) is 5.75 Å². The van der Waals surface area contributed by atoms with Gasteiger partial charge in [-0.15, -0.1) is 0 Å². The molecular weight excluding hydrogens is 408 g/mol. The molecule has 152 valence electrons. The number of carbonyl (C=O) groups is 2. The van der Waals surface area contributed by atoms with E-state index in [2.05, 4.69) is 5.10 Å². The molecule has 2 heterocycles. The van der Waals surface area contributed by atoms with Gasteiger partial charge < -0.3 is 14.3 Å². The van der Waals surface area contributed by atoms with Crippen LogP contribution in [0.3, 0.4) is 0 Å². The Hall–Kier alpha value is -3.58. The average Bonchev–Trinajstić information content (AvgIpc) is 3.43. The van der Waals surface area contributed by atoms with Crippen LogP contribution in [0.15, 0.2) is 76.4 Å². The molecule has 1 aliphatic rings. The van der Waals surface area contributed by atoms with Gasteiger partial charge in [-0.2, -0.15) is 5.10 Å². The van der Waals surface area contributed by atoms with Crippen molar-refractivity contribution in [2.45, 2.75) is 12.5 Å². The third-order valence-corrected chi connectivity index (χ3v) is 4.90. The highest BCUT2D eigenvalue weighted by atomic mass is 35.5. The van der Waals surface area contributed by atoms with E-state index in [0.717, 1.165) is 5.56 Å². The first-order valence-corrected chi connectivity index (χ1v) is 9.54. The second-order valence-electron chi connectivity index (χ2n) is 6.65. The van der Waals surface area contributed by atoms with E-state index in [9.17, 15) is 14.7 Å². The summed E-state index contributed by atoms with van der Waals surface area (Å²) in [5, 5.41) is 15.7. The molecular formula is C22H17ClN2O5. The number of aromatic hydroxyl groups is 1. The molecule has 0 bridgehead atoms. The summed E-state index contributed by atoms with van der Waals surface area (Å²) in [5.41, 5.74) is 1.77. The molecule has 0 saturated heterocycles. The van der Waals surface area contributed by atoms with Gasteiger partial charge in [-0.1, -0.05) is 23.7 Å². The largest absolute Gasteiger partial charge is 0.508 e. The number of nitrogens with zero attached hydrogens (tertiary/aromatic N) is 2. The monoisotopic (exact) mass is 424 g/mol. The fraction of sp³-hybridized carbons (Fsp3) is 0.136. The van der Waals surface area contributed by atoms with Gasteiger partial charge >= 0.3 is 5.97 Å². The minimum atomic E-state index is -0.668. The van der Waals surface area contributed by atoms with E-state index in [4.69, 9.17) is 20.8 Å². The van der Waals surface area contributed by atoms with Crippen molar-refractivity contribution in [1.29, 1.82) is 0 Å². The number of amides is 1. The van der Waals surface area contributed by atoms with Crippen LogP contribution in [0.25, 0.3) is 0 Å². The van der Waals surface area contributed by atoms with Gasteiger partial charge in [0.2, 0.25) is 0 Å². The van der Waals surface area contributed by atoms with Crippen molar-refractivity contribution in [1.82, 2.24) is 5.01 Å². The second kappa shape index (κ2) is 8.42. The number of esters is 1. The minimum absolute atomic E-state index is 0.0325. The SMILES string of the molecule is O=C(OCC(=O)N1N=C(c2ccc(Cl)cc2)CC1c1ccco1)c1ccc(O)cc1. The maximum absolute atomic E-state index is 12.8. The van der Waals surface area contributed by atoms with Crippen LogP contribution in [0.1, 0.15) is 34.1 Å². The maximum Gasteiger partial charge on any atom is 0.338 e. The molecule has 1 aromatic heterocycles. The van der Waals surface area contributed by atoms with Crippen LogP contribution in [-0.2, 0) is 9.53 Å². The smallest absolute Gasteiger partial charge is 0.338 e. The van der Waals surface area contributed by atoms with Crippen molar-refractivity contribution in [2.75, 3.05) is 6.61 Å². The molecule has 8 heteroatoms. The molecule has 1 amide bonds.